The number of carboxylic acids is 1. The molecule has 0 unspecified atom stereocenters. The smallest absolute Gasteiger partial charge is 0.339 e. The number of carbonyl (C=O) groups is 3. The SMILES string of the molecule is CCOc1ccc(/C=N\NC(=O)C(=O)Nc2ccc(CC)cc2)cc1C(=O)O. The first-order chi connectivity index (χ1) is 13.4. The topological polar surface area (TPSA) is 117 Å². The molecule has 2 rings (SSSR count). The first-order valence-corrected chi connectivity index (χ1v) is 8.68. The summed E-state index contributed by atoms with van der Waals surface area (Å²) in [5, 5.41) is 15.4. The lowest BCUT2D eigenvalue weighted by atomic mass is 10.1. The number of hydrogen-bond acceptors (Lipinski definition) is 5. The molecule has 0 aliphatic heterocycles. The average Bonchev–Trinajstić information content (AvgIpc) is 2.69. The highest BCUT2D eigenvalue weighted by Crippen LogP contribution is 2.19. The van der Waals surface area contributed by atoms with Crippen LogP contribution in [0.5, 0.6) is 5.75 Å². The zero-order valence-electron chi connectivity index (χ0n) is 15.6. The Balaban J connectivity index is 1.97. The largest absolute Gasteiger partial charge is 0.493 e. The van der Waals surface area contributed by atoms with Gasteiger partial charge in [-0.25, -0.2) is 10.2 Å². The van der Waals surface area contributed by atoms with E-state index in [0.29, 0.717) is 17.9 Å². The van der Waals surface area contributed by atoms with Gasteiger partial charge in [-0.1, -0.05) is 19.1 Å². The molecule has 0 bridgehead atoms. The maximum absolute atomic E-state index is 11.9. The van der Waals surface area contributed by atoms with Gasteiger partial charge in [0, 0.05) is 5.69 Å². The van der Waals surface area contributed by atoms with Crippen LogP contribution in [0.1, 0.15) is 35.3 Å². The van der Waals surface area contributed by atoms with Crippen LogP contribution in [0.25, 0.3) is 0 Å². The number of hydrogen-bond donors (Lipinski definition) is 3. The standard InChI is InChI=1S/C20H21N3O5/c1-3-13-5-8-15(9-6-13)22-18(24)19(25)23-21-12-14-7-10-17(28-4-2)16(11-14)20(26)27/h5-12H,3-4H2,1-2H3,(H,22,24)(H,23,25)(H,26,27)/b21-12-. The van der Waals surface area contributed by atoms with Crippen LogP contribution in [0.3, 0.4) is 0 Å². The van der Waals surface area contributed by atoms with Crippen molar-refractivity contribution < 1.29 is 24.2 Å². The van der Waals surface area contributed by atoms with E-state index in [1.54, 1.807) is 25.1 Å². The Morgan fingerprint density at radius 1 is 1.07 bits per heavy atom. The molecule has 146 valence electrons. The van der Waals surface area contributed by atoms with E-state index in [9.17, 15) is 19.5 Å². The Bertz CT molecular complexity index is 891. The molecule has 2 aromatic carbocycles. The molecule has 0 saturated heterocycles. The number of anilines is 1. The minimum absolute atomic E-state index is 0.0228. The van der Waals surface area contributed by atoms with Crippen LogP contribution in [0.15, 0.2) is 47.6 Å². The summed E-state index contributed by atoms with van der Waals surface area (Å²) in [5.41, 5.74) is 4.12. The maximum Gasteiger partial charge on any atom is 0.339 e. The lowest BCUT2D eigenvalue weighted by Gasteiger charge is -2.07. The van der Waals surface area contributed by atoms with Gasteiger partial charge in [0.1, 0.15) is 11.3 Å². The maximum atomic E-state index is 11.9. The highest BCUT2D eigenvalue weighted by molar-refractivity contribution is 6.39. The third-order valence-electron chi connectivity index (χ3n) is 3.74. The second kappa shape index (κ2) is 9.86. The summed E-state index contributed by atoms with van der Waals surface area (Å²) in [4.78, 5) is 35.0. The van der Waals surface area contributed by atoms with Crippen molar-refractivity contribution in [2.24, 2.45) is 5.10 Å². The van der Waals surface area contributed by atoms with Crippen LogP contribution in [-0.2, 0) is 16.0 Å². The van der Waals surface area contributed by atoms with Crippen LogP contribution >= 0.6 is 0 Å². The molecule has 2 aromatic rings. The van der Waals surface area contributed by atoms with E-state index >= 15 is 0 Å². The first kappa shape index (κ1) is 20.6. The van der Waals surface area contributed by atoms with E-state index < -0.39 is 17.8 Å². The molecular formula is C20H21N3O5. The monoisotopic (exact) mass is 383 g/mol. The molecule has 28 heavy (non-hydrogen) atoms. The van der Waals surface area contributed by atoms with E-state index in [4.69, 9.17) is 4.74 Å². The summed E-state index contributed by atoms with van der Waals surface area (Å²) in [6.07, 6.45) is 2.11. The van der Waals surface area contributed by atoms with E-state index in [2.05, 4.69) is 15.8 Å². The number of ether oxygens (including phenoxy) is 1. The third-order valence-corrected chi connectivity index (χ3v) is 3.74. The molecule has 0 aliphatic carbocycles. The van der Waals surface area contributed by atoms with Gasteiger partial charge in [0.05, 0.1) is 12.8 Å². The second-order valence-electron chi connectivity index (χ2n) is 5.70. The summed E-state index contributed by atoms with van der Waals surface area (Å²) in [5.74, 6) is -2.71. The number of aryl methyl sites for hydroxylation is 1. The number of carboxylic acid groups (broad SMARTS) is 1. The fourth-order valence-corrected chi connectivity index (χ4v) is 2.30. The minimum Gasteiger partial charge on any atom is -0.493 e. The molecule has 0 aliphatic rings. The van der Waals surface area contributed by atoms with Gasteiger partial charge in [0.2, 0.25) is 0 Å². The van der Waals surface area contributed by atoms with Crippen molar-refractivity contribution in [1.82, 2.24) is 5.43 Å². The predicted octanol–water partition coefficient (Wildman–Crippen LogP) is 2.43. The summed E-state index contributed by atoms with van der Waals surface area (Å²) >= 11 is 0. The normalized spacial score (nSPS) is 10.5. The number of nitrogens with one attached hydrogen (secondary N) is 2. The van der Waals surface area contributed by atoms with Gasteiger partial charge < -0.3 is 15.2 Å². The van der Waals surface area contributed by atoms with Crippen molar-refractivity contribution in [3.63, 3.8) is 0 Å². The molecule has 0 atom stereocenters. The fourth-order valence-electron chi connectivity index (χ4n) is 2.30. The Morgan fingerprint density at radius 2 is 1.79 bits per heavy atom. The lowest BCUT2D eigenvalue weighted by Crippen LogP contribution is -2.32. The Hall–Kier alpha value is -3.68. The molecule has 3 N–H and O–H groups in total. The van der Waals surface area contributed by atoms with Crippen molar-refractivity contribution in [2.45, 2.75) is 20.3 Å². The Morgan fingerprint density at radius 3 is 2.39 bits per heavy atom. The molecule has 2 amide bonds. The number of benzene rings is 2. The van der Waals surface area contributed by atoms with Crippen LogP contribution in [0.2, 0.25) is 0 Å². The van der Waals surface area contributed by atoms with Gasteiger partial charge in [-0.3, -0.25) is 9.59 Å². The van der Waals surface area contributed by atoms with Crippen molar-refractivity contribution >= 4 is 29.7 Å². The molecule has 0 heterocycles. The molecule has 0 radical (unpaired) electrons. The number of rotatable bonds is 7. The van der Waals surface area contributed by atoms with Crippen molar-refractivity contribution in [3.8, 4) is 5.75 Å². The van der Waals surface area contributed by atoms with Crippen LogP contribution in [0.4, 0.5) is 5.69 Å². The van der Waals surface area contributed by atoms with E-state index in [0.717, 1.165) is 12.0 Å². The summed E-state index contributed by atoms with van der Waals surface area (Å²) in [6.45, 7) is 4.10. The van der Waals surface area contributed by atoms with Crippen LogP contribution < -0.4 is 15.5 Å². The van der Waals surface area contributed by atoms with Crippen LogP contribution in [0, 0.1) is 0 Å². The summed E-state index contributed by atoms with van der Waals surface area (Å²) in [6, 6.07) is 11.6. The molecular weight excluding hydrogens is 362 g/mol. The number of nitrogens with zero attached hydrogens (tertiary/aromatic N) is 1. The molecule has 0 spiro atoms. The Kier molecular flexibility index (Phi) is 7.27. The molecule has 8 nitrogen and oxygen atoms in total. The van der Waals surface area contributed by atoms with Gasteiger partial charge in [0.15, 0.2) is 0 Å². The quantitative estimate of drug-likeness (QED) is 0.386. The van der Waals surface area contributed by atoms with Gasteiger partial charge in [-0.2, -0.15) is 5.10 Å². The summed E-state index contributed by atoms with van der Waals surface area (Å²) < 4.78 is 5.25. The molecule has 0 saturated carbocycles. The van der Waals surface area contributed by atoms with Crippen molar-refractivity contribution in [3.05, 3.63) is 59.2 Å². The summed E-state index contributed by atoms with van der Waals surface area (Å²) in [7, 11) is 0. The lowest BCUT2D eigenvalue weighted by molar-refractivity contribution is -0.136. The zero-order valence-corrected chi connectivity index (χ0v) is 15.6. The van der Waals surface area contributed by atoms with Crippen LogP contribution in [-0.4, -0.2) is 35.7 Å². The van der Waals surface area contributed by atoms with E-state index in [1.165, 1.54) is 18.3 Å². The molecule has 0 aromatic heterocycles. The minimum atomic E-state index is -1.14. The van der Waals surface area contributed by atoms with E-state index in [1.807, 2.05) is 19.1 Å². The first-order valence-electron chi connectivity index (χ1n) is 8.68. The fraction of sp³-hybridized carbons (Fsp3) is 0.200. The number of amides is 2. The van der Waals surface area contributed by atoms with Gasteiger partial charge in [-0.05, 0) is 54.8 Å². The van der Waals surface area contributed by atoms with Crippen molar-refractivity contribution in [1.29, 1.82) is 0 Å². The third kappa shape index (κ3) is 5.66. The van der Waals surface area contributed by atoms with Gasteiger partial charge in [-0.15, -0.1) is 0 Å². The number of hydrazone groups is 1. The highest BCUT2D eigenvalue weighted by atomic mass is 16.5. The van der Waals surface area contributed by atoms with Gasteiger partial charge >= 0.3 is 17.8 Å². The molecule has 0 fully saturated rings. The highest BCUT2D eigenvalue weighted by Gasteiger charge is 2.13. The zero-order chi connectivity index (χ0) is 20.5. The van der Waals surface area contributed by atoms with E-state index in [-0.39, 0.29) is 11.3 Å². The Labute approximate surface area is 162 Å². The van der Waals surface area contributed by atoms with Crippen molar-refractivity contribution in [2.75, 3.05) is 11.9 Å². The van der Waals surface area contributed by atoms with Gasteiger partial charge in [0.25, 0.3) is 0 Å². The predicted molar refractivity (Wildman–Crippen MR) is 105 cm³/mol. The average molecular weight is 383 g/mol. The number of carbonyl (C=O) groups excluding carboxylic acids is 2. The number of aromatic carboxylic acids is 1. The molecule has 8 heteroatoms. The second-order valence-corrected chi connectivity index (χ2v) is 5.70.